The fourth-order valence-corrected chi connectivity index (χ4v) is 2.81. The van der Waals surface area contributed by atoms with Gasteiger partial charge in [0.25, 0.3) is 0 Å². The zero-order valence-corrected chi connectivity index (χ0v) is 14.8. The van der Waals surface area contributed by atoms with E-state index in [1.165, 1.54) is 0 Å². The van der Waals surface area contributed by atoms with E-state index in [1.807, 2.05) is 37.4 Å². The van der Waals surface area contributed by atoms with Crippen molar-refractivity contribution in [2.45, 2.75) is 25.8 Å². The normalized spacial score (nSPS) is 15.0. The Morgan fingerprint density at radius 2 is 2.12 bits per heavy atom. The summed E-state index contributed by atoms with van der Waals surface area (Å²) in [5.74, 6) is 1.26. The van der Waals surface area contributed by atoms with Gasteiger partial charge in [0.15, 0.2) is 5.82 Å². The Kier molecular flexibility index (Phi) is 5.60. The van der Waals surface area contributed by atoms with Crippen molar-refractivity contribution < 1.29 is 9.32 Å². The van der Waals surface area contributed by atoms with Gasteiger partial charge in [-0.3, -0.25) is 4.79 Å². The summed E-state index contributed by atoms with van der Waals surface area (Å²) in [6.07, 6.45) is 3.90. The van der Waals surface area contributed by atoms with Crippen LogP contribution in [0.2, 0.25) is 0 Å². The largest absolute Gasteiger partial charge is 0.341 e. The summed E-state index contributed by atoms with van der Waals surface area (Å²) in [5.41, 5.74) is 2.24. The Bertz CT molecular complexity index is 739. The van der Waals surface area contributed by atoms with E-state index in [1.54, 1.807) is 4.90 Å². The van der Waals surface area contributed by atoms with Gasteiger partial charge < -0.3 is 14.3 Å². The van der Waals surface area contributed by atoms with Crippen LogP contribution in [0, 0.1) is 0 Å². The van der Waals surface area contributed by atoms with Gasteiger partial charge in [0.05, 0.1) is 0 Å². The monoisotopic (exact) mass is 340 g/mol. The van der Waals surface area contributed by atoms with Crippen molar-refractivity contribution in [2.24, 2.45) is 0 Å². The Morgan fingerprint density at radius 1 is 1.32 bits per heavy atom. The molecule has 0 unspecified atom stereocenters. The molecule has 1 aromatic carbocycles. The Labute approximate surface area is 148 Å². The van der Waals surface area contributed by atoms with Gasteiger partial charge in [0.1, 0.15) is 0 Å². The lowest BCUT2D eigenvalue weighted by atomic mass is 10.1. The summed E-state index contributed by atoms with van der Waals surface area (Å²) < 4.78 is 5.31. The highest BCUT2D eigenvalue weighted by molar-refractivity contribution is 5.76. The predicted octanol–water partition coefficient (Wildman–Crippen LogP) is 2.38. The molecule has 2 aromatic rings. The standard InChI is InChI=1S/C19H24N4O2/c1-22-12-10-16(11-13-22)19-20-17(25-21-19)8-9-18(24)23(2)14-15-6-4-3-5-7-15/h3-7,10H,8-9,11-14H2,1-2H3. The maximum absolute atomic E-state index is 12.3. The summed E-state index contributed by atoms with van der Waals surface area (Å²) in [5, 5.41) is 4.06. The zero-order valence-electron chi connectivity index (χ0n) is 14.8. The Morgan fingerprint density at radius 3 is 2.84 bits per heavy atom. The van der Waals surface area contributed by atoms with Crippen LogP contribution in [0.4, 0.5) is 0 Å². The first-order valence-corrected chi connectivity index (χ1v) is 8.60. The van der Waals surface area contributed by atoms with Crippen LogP contribution in [0.25, 0.3) is 5.57 Å². The van der Waals surface area contributed by atoms with Crippen LogP contribution in [-0.4, -0.2) is 53.0 Å². The Hall–Kier alpha value is -2.47. The number of amides is 1. The summed E-state index contributed by atoms with van der Waals surface area (Å²) in [4.78, 5) is 20.7. The summed E-state index contributed by atoms with van der Waals surface area (Å²) in [6.45, 7) is 2.51. The van der Waals surface area contributed by atoms with Crippen LogP contribution in [0.5, 0.6) is 0 Å². The molecule has 0 N–H and O–H groups in total. The smallest absolute Gasteiger partial charge is 0.227 e. The van der Waals surface area contributed by atoms with Crippen LogP contribution in [0.3, 0.4) is 0 Å². The molecule has 0 aliphatic carbocycles. The van der Waals surface area contributed by atoms with Crippen molar-refractivity contribution in [3.63, 3.8) is 0 Å². The van der Waals surface area contributed by atoms with E-state index < -0.39 is 0 Å². The van der Waals surface area contributed by atoms with Gasteiger partial charge >= 0.3 is 0 Å². The molecule has 25 heavy (non-hydrogen) atoms. The van der Waals surface area contributed by atoms with Crippen molar-refractivity contribution in [1.82, 2.24) is 19.9 Å². The second kappa shape index (κ2) is 8.07. The number of aromatic nitrogens is 2. The lowest BCUT2D eigenvalue weighted by molar-refractivity contribution is -0.130. The molecule has 0 saturated heterocycles. The molecule has 3 rings (SSSR count). The Balaban J connectivity index is 1.51. The van der Waals surface area contributed by atoms with E-state index in [4.69, 9.17) is 4.52 Å². The van der Waals surface area contributed by atoms with Crippen molar-refractivity contribution in [3.05, 3.63) is 53.7 Å². The number of benzene rings is 1. The molecule has 1 aliphatic heterocycles. The van der Waals surface area contributed by atoms with Crippen LogP contribution in [-0.2, 0) is 17.8 Å². The highest BCUT2D eigenvalue weighted by atomic mass is 16.5. The van der Waals surface area contributed by atoms with E-state index in [0.29, 0.717) is 31.1 Å². The van der Waals surface area contributed by atoms with E-state index >= 15 is 0 Å². The third-order valence-electron chi connectivity index (χ3n) is 4.41. The van der Waals surface area contributed by atoms with Crippen molar-refractivity contribution in [2.75, 3.05) is 27.2 Å². The van der Waals surface area contributed by atoms with E-state index in [9.17, 15) is 4.79 Å². The van der Waals surface area contributed by atoms with E-state index in [0.717, 1.165) is 30.6 Å². The first-order chi connectivity index (χ1) is 12.1. The molecule has 0 radical (unpaired) electrons. The number of hydrogen-bond donors (Lipinski definition) is 0. The van der Waals surface area contributed by atoms with Crippen LogP contribution < -0.4 is 0 Å². The van der Waals surface area contributed by atoms with Gasteiger partial charge in [0, 0.05) is 39.5 Å². The third-order valence-corrected chi connectivity index (χ3v) is 4.41. The topological polar surface area (TPSA) is 62.5 Å². The van der Waals surface area contributed by atoms with Crippen LogP contribution in [0.15, 0.2) is 40.9 Å². The molecule has 1 aromatic heterocycles. The van der Waals surface area contributed by atoms with Crippen molar-refractivity contribution >= 4 is 11.5 Å². The molecule has 0 atom stereocenters. The fraction of sp³-hybridized carbons (Fsp3) is 0.421. The van der Waals surface area contributed by atoms with Gasteiger partial charge in [-0.05, 0) is 24.6 Å². The second-order valence-electron chi connectivity index (χ2n) is 6.49. The average Bonchev–Trinajstić information content (AvgIpc) is 3.10. The molecule has 0 spiro atoms. The number of rotatable bonds is 6. The molecule has 1 amide bonds. The third kappa shape index (κ3) is 4.76. The zero-order chi connectivity index (χ0) is 17.6. The number of carbonyl (C=O) groups is 1. The quantitative estimate of drug-likeness (QED) is 0.808. The lowest BCUT2D eigenvalue weighted by Crippen LogP contribution is -2.26. The molecule has 6 heteroatoms. The van der Waals surface area contributed by atoms with Gasteiger partial charge in [-0.1, -0.05) is 41.6 Å². The molecular weight excluding hydrogens is 316 g/mol. The summed E-state index contributed by atoms with van der Waals surface area (Å²) in [7, 11) is 3.91. The number of likely N-dealkylation sites (N-methyl/N-ethyl adjacent to an activating group) is 1. The van der Waals surface area contributed by atoms with Crippen LogP contribution >= 0.6 is 0 Å². The first kappa shape index (κ1) is 17.4. The second-order valence-corrected chi connectivity index (χ2v) is 6.49. The molecule has 0 bridgehead atoms. The first-order valence-electron chi connectivity index (χ1n) is 8.60. The van der Waals surface area contributed by atoms with E-state index in [2.05, 4.69) is 28.2 Å². The number of hydrogen-bond acceptors (Lipinski definition) is 5. The molecular formula is C19H24N4O2. The maximum Gasteiger partial charge on any atom is 0.227 e. The molecule has 0 saturated carbocycles. The maximum atomic E-state index is 12.3. The highest BCUT2D eigenvalue weighted by Crippen LogP contribution is 2.19. The van der Waals surface area contributed by atoms with Crippen molar-refractivity contribution in [1.29, 1.82) is 0 Å². The minimum absolute atomic E-state index is 0.0714. The van der Waals surface area contributed by atoms with Gasteiger partial charge in [-0.2, -0.15) is 4.98 Å². The molecule has 1 aliphatic rings. The lowest BCUT2D eigenvalue weighted by Gasteiger charge is -2.19. The van der Waals surface area contributed by atoms with Gasteiger partial charge in [-0.25, -0.2) is 0 Å². The molecule has 6 nitrogen and oxygen atoms in total. The average molecular weight is 340 g/mol. The van der Waals surface area contributed by atoms with Crippen molar-refractivity contribution in [3.8, 4) is 0 Å². The van der Waals surface area contributed by atoms with E-state index in [-0.39, 0.29) is 5.91 Å². The summed E-state index contributed by atoms with van der Waals surface area (Å²) >= 11 is 0. The fourth-order valence-electron chi connectivity index (χ4n) is 2.81. The van der Waals surface area contributed by atoms with Gasteiger partial charge in [-0.15, -0.1) is 0 Å². The SMILES string of the molecule is CN1CC=C(c2noc(CCC(=O)N(C)Cc3ccccc3)n2)CC1. The number of nitrogens with zero attached hydrogens (tertiary/aromatic N) is 4. The van der Waals surface area contributed by atoms with Crippen LogP contribution in [0.1, 0.15) is 30.1 Å². The van der Waals surface area contributed by atoms with Gasteiger partial charge in [0.2, 0.25) is 11.8 Å². The molecule has 132 valence electrons. The molecule has 0 fully saturated rings. The molecule has 2 heterocycles. The minimum atomic E-state index is 0.0714. The highest BCUT2D eigenvalue weighted by Gasteiger charge is 2.16. The minimum Gasteiger partial charge on any atom is -0.341 e. The summed E-state index contributed by atoms with van der Waals surface area (Å²) in [6, 6.07) is 9.96. The predicted molar refractivity (Wildman–Crippen MR) is 95.6 cm³/mol. The number of aryl methyl sites for hydroxylation is 1. The number of carbonyl (C=O) groups excluding carboxylic acids is 1.